The van der Waals surface area contributed by atoms with Crippen molar-refractivity contribution in [2.24, 2.45) is 5.41 Å². The summed E-state index contributed by atoms with van der Waals surface area (Å²) in [6.45, 7) is 8.22. The van der Waals surface area contributed by atoms with Gasteiger partial charge in [-0.1, -0.05) is 42.5 Å². The average Bonchev–Trinajstić information content (AvgIpc) is 3.71. The van der Waals surface area contributed by atoms with Crippen LogP contribution in [-0.4, -0.2) is 55.9 Å². The highest BCUT2D eigenvalue weighted by atomic mass is 15.2. The van der Waals surface area contributed by atoms with E-state index < -0.39 is 0 Å². The molecular weight excluding hydrogens is 458 g/mol. The number of aromatic nitrogens is 4. The second kappa shape index (κ2) is 10.9. The van der Waals surface area contributed by atoms with Gasteiger partial charge in [0.2, 0.25) is 0 Å². The first-order chi connectivity index (χ1) is 18.2. The summed E-state index contributed by atoms with van der Waals surface area (Å²) in [4.78, 5) is 22.9. The molecule has 1 spiro atoms. The number of nitrogens with one attached hydrogen (secondary N) is 2. The molecule has 7 heteroatoms. The predicted molar refractivity (Wildman–Crippen MR) is 147 cm³/mol. The van der Waals surface area contributed by atoms with Crippen LogP contribution in [0.2, 0.25) is 0 Å². The van der Waals surface area contributed by atoms with Gasteiger partial charge < -0.3 is 14.9 Å². The second-order valence-electron chi connectivity index (χ2n) is 10.8. The molecule has 0 bridgehead atoms. The van der Waals surface area contributed by atoms with Crippen LogP contribution >= 0.6 is 0 Å². The third-order valence-electron chi connectivity index (χ3n) is 8.15. The van der Waals surface area contributed by atoms with Gasteiger partial charge in [0.05, 0.1) is 13.1 Å². The molecule has 0 unspecified atom stereocenters. The van der Waals surface area contributed by atoms with Gasteiger partial charge in [0, 0.05) is 63.2 Å². The number of hydrogen-bond acceptors (Lipinski definition) is 5. The minimum absolute atomic E-state index is 0.503. The fourth-order valence-electron chi connectivity index (χ4n) is 6.08. The average molecular weight is 496 g/mol. The van der Waals surface area contributed by atoms with Gasteiger partial charge in [0.1, 0.15) is 11.6 Å². The Bertz CT molecular complexity index is 1170. The predicted octanol–water partition coefficient (Wildman–Crippen LogP) is 4.83. The van der Waals surface area contributed by atoms with E-state index in [-0.39, 0.29) is 0 Å². The van der Waals surface area contributed by atoms with Crippen LogP contribution in [0, 0.1) is 5.41 Å². The van der Waals surface area contributed by atoms with Crippen LogP contribution in [-0.2, 0) is 26.2 Å². The monoisotopic (exact) mass is 495 g/mol. The molecule has 0 radical (unpaired) electrons. The first-order valence-corrected chi connectivity index (χ1v) is 13.5. The van der Waals surface area contributed by atoms with E-state index in [2.05, 4.69) is 89.2 Å². The lowest BCUT2D eigenvalue weighted by atomic mass is 9.77. The van der Waals surface area contributed by atoms with E-state index in [1.54, 1.807) is 0 Å². The lowest BCUT2D eigenvalue weighted by molar-refractivity contribution is 0.206. The molecule has 7 nitrogen and oxygen atoms in total. The number of para-hydroxylation sites is 1. The molecule has 2 aliphatic rings. The molecule has 0 amide bonds. The Labute approximate surface area is 219 Å². The Kier molecular flexibility index (Phi) is 7.06. The molecule has 4 aromatic rings. The van der Waals surface area contributed by atoms with Crippen LogP contribution in [0.15, 0.2) is 79.4 Å². The number of imidazole rings is 2. The van der Waals surface area contributed by atoms with E-state index >= 15 is 0 Å². The molecule has 2 aromatic heterocycles. The number of aromatic amines is 2. The lowest BCUT2D eigenvalue weighted by Gasteiger charge is -2.40. The molecule has 2 aliphatic heterocycles. The molecule has 37 heavy (non-hydrogen) atoms. The van der Waals surface area contributed by atoms with Gasteiger partial charge in [-0.25, -0.2) is 9.97 Å². The van der Waals surface area contributed by atoms with Gasteiger partial charge in [-0.05, 0) is 54.5 Å². The van der Waals surface area contributed by atoms with E-state index in [4.69, 9.17) is 0 Å². The number of benzene rings is 2. The summed E-state index contributed by atoms with van der Waals surface area (Å²) in [5, 5.41) is 0. The zero-order valence-electron chi connectivity index (χ0n) is 21.5. The highest BCUT2D eigenvalue weighted by molar-refractivity contribution is 5.46. The summed E-state index contributed by atoms with van der Waals surface area (Å²) < 4.78 is 0. The third kappa shape index (κ3) is 5.95. The Morgan fingerprint density at radius 1 is 0.730 bits per heavy atom. The van der Waals surface area contributed by atoms with Gasteiger partial charge in [0.25, 0.3) is 0 Å². The summed E-state index contributed by atoms with van der Waals surface area (Å²) in [6, 6.07) is 20.1. The van der Waals surface area contributed by atoms with E-state index in [0.29, 0.717) is 5.41 Å². The third-order valence-corrected chi connectivity index (χ3v) is 8.15. The number of nitrogens with zero attached hydrogens (tertiary/aromatic N) is 5. The van der Waals surface area contributed by atoms with Gasteiger partial charge in [-0.2, -0.15) is 0 Å². The molecule has 2 fully saturated rings. The Hall–Kier alpha value is -3.42. The fourth-order valence-corrected chi connectivity index (χ4v) is 6.08. The van der Waals surface area contributed by atoms with E-state index in [0.717, 1.165) is 37.8 Å². The van der Waals surface area contributed by atoms with Gasteiger partial charge >= 0.3 is 0 Å². The highest BCUT2D eigenvalue weighted by Gasteiger charge is 2.40. The number of anilines is 1. The standard InChI is InChI=1S/C30H37N7/c1-2-4-27(5-3-1)37-18-11-30(12-19-37)10-17-35(24-30)20-25-6-8-26(9-7-25)21-36(22-28-31-13-14-32-28)23-29-33-15-16-34-29/h1-9,13-16H,10-12,17-24H2,(H,31,32)(H,33,34). The summed E-state index contributed by atoms with van der Waals surface area (Å²) in [5.74, 6) is 1.95. The number of rotatable bonds is 9. The van der Waals surface area contributed by atoms with Crippen molar-refractivity contribution in [1.29, 1.82) is 0 Å². The van der Waals surface area contributed by atoms with Gasteiger partial charge in [-0.15, -0.1) is 0 Å². The number of hydrogen-bond donors (Lipinski definition) is 2. The van der Waals surface area contributed by atoms with Crippen molar-refractivity contribution in [3.63, 3.8) is 0 Å². The molecule has 192 valence electrons. The van der Waals surface area contributed by atoms with Crippen LogP contribution in [0.25, 0.3) is 0 Å². The number of H-pyrrole nitrogens is 2. The molecule has 6 rings (SSSR count). The lowest BCUT2D eigenvalue weighted by Crippen LogP contribution is -2.41. The van der Waals surface area contributed by atoms with E-state index in [1.807, 2.05) is 24.8 Å². The molecule has 2 aromatic carbocycles. The van der Waals surface area contributed by atoms with Gasteiger partial charge in [0.15, 0.2) is 0 Å². The van der Waals surface area contributed by atoms with E-state index in [9.17, 15) is 0 Å². The Balaban J connectivity index is 1.02. The van der Waals surface area contributed by atoms with Crippen molar-refractivity contribution < 1.29 is 0 Å². The minimum Gasteiger partial charge on any atom is -0.371 e. The molecule has 0 aliphatic carbocycles. The SMILES string of the molecule is c1ccc(N2CCC3(CCN(Cc4ccc(CN(Cc5ncc[nH]5)Cc5ncc[nH]5)cc4)C3)CC2)cc1. The summed E-state index contributed by atoms with van der Waals surface area (Å²) in [6.07, 6.45) is 11.3. The van der Waals surface area contributed by atoms with Crippen LogP contribution in [0.1, 0.15) is 42.0 Å². The van der Waals surface area contributed by atoms with E-state index in [1.165, 1.54) is 62.3 Å². The maximum Gasteiger partial charge on any atom is 0.120 e. The molecule has 4 heterocycles. The Morgan fingerprint density at radius 3 is 1.97 bits per heavy atom. The Morgan fingerprint density at radius 2 is 1.35 bits per heavy atom. The van der Waals surface area contributed by atoms with Gasteiger partial charge in [-0.3, -0.25) is 9.80 Å². The largest absolute Gasteiger partial charge is 0.371 e. The first-order valence-electron chi connectivity index (χ1n) is 13.5. The summed E-state index contributed by atoms with van der Waals surface area (Å²) >= 11 is 0. The van der Waals surface area contributed by atoms with Crippen molar-refractivity contribution in [3.05, 3.63) is 102 Å². The normalized spacial score (nSPS) is 17.7. The molecule has 2 saturated heterocycles. The molecule has 2 N–H and O–H groups in total. The smallest absolute Gasteiger partial charge is 0.120 e. The molecular formula is C30H37N7. The van der Waals surface area contributed by atoms with Crippen molar-refractivity contribution in [2.45, 2.75) is 45.4 Å². The maximum atomic E-state index is 4.42. The maximum absolute atomic E-state index is 4.42. The topological polar surface area (TPSA) is 67.1 Å². The van der Waals surface area contributed by atoms with Crippen LogP contribution in [0.5, 0.6) is 0 Å². The zero-order valence-corrected chi connectivity index (χ0v) is 21.5. The zero-order chi connectivity index (χ0) is 24.9. The minimum atomic E-state index is 0.503. The summed E-state index contributed by atoms with van der Waals surface area (Å²) in [5.41, 5.74) is 4.60. The van der Waals surface area contributed by atoms with Crippen LogP contribution in [0.3, 0.4) is 0 Å². The molecule has 0 saturated carbocycles. The first kappa shape index (κ1) is 23.9. The number of piperidine rings is 1. The number of likely N-dealkylation sites (tertiary alicyclic amines) is 1. The molecule has 0 atom stereocenters. The van der Waals surface area contributed by atoms with Crippen LogP contribution in [0.4, 0.5) is 5.69 Å². The van der Waals surface area contributed by atoms with Crippen molar-refractivity contribution in [1.82, 2.24) is 29.7 Å². The van der Waals surface area contributed by atoms with Crippen molar-refractivity contribution in [3.8, 4) is 0 Å². The van der Waals surface area contributed by atoms with Crippen molar-refractivity contribution >= 4 is 5.69 Å². The van der Waals surface area contributed by atoms with Crippen LogP contribution < -0.4 is 4.90 Å². The summed E-state index contributed by atoms with van der Waals surface area (Å²) in [7, 11) is 0. The fraction of sp³-hybridized carbons (Fsp3) is 0.400. The van der Waals surface area contributed by atoms with Crippen molar-refractivity contribution in [2.75, 3.05) is 31.1 Å². The second-order valence-corrected chi connectivity index (χ2v) is 10.8. The highest BCUT2D eigenvalue weighted by Crippen LogP contribution is 2.41. The quantitative estimate of drug-likeness (QED) is 0.348.